The number of aliphatic hydroxyl groups is 1. The van der Waals surface area contributed by atoms with Crippen molar-refractivity contribution >= 4 is 19.9 Å². The number of aromatic nitrogens is 1. The first kappa shape index (κ1) is 18.6. The summed E-state index contributed by atoms with van der Waals surface area (Å²) in [6.45, 7) is 12.4. The number of nitrogens with zero attached hydrogens (tertiary/aromatic N) is 1. The highest BCUT2D eigenvalue weighted by atomic mass is 35.5. The van der Waals surface area contributed by atoms with Crippen LogP contribution in [0.1, 0.15) is 32.4 Å². The molecule has 1 aromatic rings. The van der Waals surface area contributed by atoms with E-state index in [0.717, 1.165) is 5.56 Å². The highest BCUT2D eigenvalue weighted by Gasteiger charge is 2.39. The Hall–Kier alpha value is -0.463. The highest BCUT2D eigenvalue weighted by molar-refractivity contribution is 6.74. The van der Waals surface area contributed by atoms with Gasteiger partial charge in [0, 0.05) is 19.3 Å². The van der Waals surface area contributed by atoms with E-state index in [1.165, 1.54) is 0 Å². The zero-order valence-electron chi connectivity index (χ0n) is 13.6. The summed E-state index contributed by atoms with van der Waals surface area (Å²) in [6, 6.07) is 3.73. The summed E-state index contributed by atoms with van der Waals surface area (Å²) in [5, 5.41) is 12.8. The van der Waals surface area contributed by atoms with Gasteiger partial charge in [-0.3, -0.25) is 0 Å². The molecule has 0 aromatic carbocycles. The Kier molecular flexibility index (Phi) is 6.81. The molecule has 1 rings (SSSR count). The minimum atomic E-state index is -1.89. The van der Waals surface area contributed by atoms with Gasteiger partial charge in [0.05, 0.1) is 12.7 Å². The van der Waals surface area contributed by atoms with Crippen molar-refractivity contribution in [1.29, 1.82) is 0 Å². The van der Waals surface area contributed by atoms with Crippen molar-refractivity contribution in [1.82, 2.24) is 10.3 Å². The van der Waals surface area contributed by atoms with Crippen molar-refractivity contribution in [3.8, 4) is 0 Å². The van der Waals surface area contributed by atoms with Gasteiger partial charge in [-0.15, -0.1) is 0 Å². The minimum absolute atomic E-state index is 0.0813. The first-order chi connectivity index (χ1) is 9.67. The van der Waals surface area contributed by atoms with E-state index in [0.29, 0.717) is 18.2 Å². The zero-order valence-corrected chi connectivity index (χ0v) is 15.4. The molecular formula is C15H27ClN2O2Si. The molecule has 0 amide bonds. The van der Waals surface area contributed by atoms with Crippen molar-refractivity contribution in [2.75, 3.05) is 19.7 Å². The highest BCUT2D eigenvalue weighted by Crippen LogP contribution is 2.39. The monoisotopic (exact) mass is 330 g/mol. The average Bonchev–Trinajstić information content (AvgIpc) is 2.37. The Morgan fingerprint density at radius 2 is 2.05 bits per heavy atom. The molecule has 1 aromatic heterocycles. The van der Waals surface area contributed by atoms with Gasteiger partial charge in [-0.25, -0.2) is 4.98 Å². The molecule has 0 aliphatic rings. The third kappa shape index (κ3) is 5.68. The predicted octanol–water partition coefficient (Wildman–Crippen LogP) is 3.38. The Bertz CT molecular complexity index is 432. The largest absolute Gasteiger partial charge is 0.409 e. The van der Waals surface area contributed by atoms with Crippen molar-refractivity contribution < 1.29 is 9.53 Å². The summed E-state index contributed by atoms with van der Waals surface area (Å²) in [6.07, 6.45) is 1.68. The standard InChI is InChI=1S/C15H27ClN2O2Si/c1-15(2,3)21(4,5)20-13(11-17-8-9-19)12-6-7-14(16)18-10-12/h6-7,10,13,17,19H,8-9,11H2,1-5H3/t13-/m1/s1. The number of hydrogen-bond acceptors (Lipinski definition) is 4. The molecule has 0 aliphatic carbocycles. The van der Waals surface area contributed by atoms with Gasteiger partial charge in [-0.2, -0.15) is 0 Å². The predicted molar refractivity (Wildman–Crippen MR) is 90.2 cm³/mol. The molecule has 0 saturated heterocycles. The van der Waals surface area contributed by atoms with Crippen molar-refractivity contribution in [2.45, 2.75) is 45.0 Å². The van der Waals surface area contributed by atoms with Crippen LogP contribution in [0.3, 0.4) is 0 Å². The van der Waals surface area contributed by atoms with E-state index in [-0.39, 0.29) is 17.7 Å². The van der Waals surface area contributed by atoms with E-state index in [9.17, 15) is 0 Å². The fourth-order valence-corrected chi connectivity index (χ4v) is 3.05. The molecule has 0 radical (unpaired) electrons. The van der Waals surface area contributed by atoms with Gasteiger partial charge in [0.2, 0.25) is 0 Å². The molecule has 0 unspecified atom stereocenters. The van der Waals surface area contributed by atoms with Gasteiger partial charge in [-0.05, 0) is 29.8 Å². The van der Waals surface area contributed by atoms with Crippen LogP contribution >= 0.6 is 11.6 Å². The second-order valence-corrected chi connectivity index (χ2v) is 11.9. The van der Waals surface area contributed by atoms with Crippen LogP contribution in [0.15, 0.2) is 18.3 Å². The molecule has 0 spiro atoms. The maximum atomic E-state index is 8.92. The first-order valence-corrected chi connectivity index (χ1v) is 10.6. The second kappa shape index (κ2) is 7.69. The van der Waals surface area contributed by atoms with Gasteiger partial charge in [0.15, 0.2) is 8.32 Å². The van der Waals surface area contributed by atoms with Gasteiger partial charge in [0.1, 0.15) is 5.15 Å². The van der Waals surface area contributed by atoms with E-state index in [2.05, 4.69) is 44.2 Å². The second-order valence-electron chi connectivity index (χ2n) is 6.71. The molecule has 4 nitrogen and oxygen atoms in total. The van der Waals surface area contributed by atoms with E-state index in [4.69, 9.17) is 21.1 Å². The summed E-state index contributed by atoms with van der Waals surface area (Å²) in [5.41, 5.74) is 1.01. The average molecular weight is 331 g/mol. The fraction of sp³-hybridized carbons (Fsp3) is 0.667. The number of pyridine rings is 1. The number of nitrogens with one attached hydrogen (secondary N) is 1. The SMILES string of the molecule is CC(C)(C)[Si](C)(C)O[C@H](CNCCO)c1ccc(Cl)nc1. The van der Waals surface area contributed by atoms with E-state index >= 15 is 0 Å². The lowest BCUT2D eigenvalue weighted by molar-refractivity contribution is 0.176. The smallest absolute Gasteiger partial charge is 0.192 e. The summed E-state index contributed by atoms with van der Waals surface area (Å²) in [4.78, 5) is 4.14. The third-order valence-corrected chi connectivity index (χ3v) is 8.69. The fourth-order valence-electron chi connectivity index (χ4n) is 1.65. The number of hydrogen-bond donors (Lipinski definition) is 2. The Morgan fingerprint density at radius 3 is 2.52 bits per heavy atom. The van der Waals surface area contributed by atoms with E-state index < -0.39 is 8.32 Å². The first-order valence-electron chi connectivity index (χ1n) is 7.28. The maximum Gasteiger partial charge on any atom is 0.192 e. The van der Waals surface area contributed by atoms with E-state index in [1.54, 1.807) is 12.3 Å². The van der Waals surface area contributed by atoms with Crippen molar-refractivity contribution in [3.05, 3.63) is 29.0 Å². The number of aliphatic hydroxyl groups excluding tert-OH is 1. The van der Waals surface area contributed by atoms with Crippen molar-refractivity contribution in [2.24, 2.45) is 0 Å². The molecule has 6 heteroatoms. The molecule has 0 saturated carbocycles. The van der Waals surface area contributed by atoms with Crippen LogP contribution in [0.5, 0.6) is 0 Å². The molecule has 21 heavy (non-hydrogen) atoms. The number of rotatable bonds is 7. The molecular weight excluding hydrogens is 304 g/mol. The molecule has 1 atom stereocenters. The van der Waals surface area contributed by atoms with Gasteiger partial charge in [-0.1, -0.05) is 38.4 Å². The van der Waals surface area contributed by atoms with Crippen LogP contribution < -0.4 is 5.32 Å². The minimum Gasteiger partial charge on any atom is -0.409 e. The summed E-state index contributed by atoms with van der Waals surface area (Å²) >= 11 is 5.86. The van der Waals surface area contributed by atoms with Gasteiger partial charge >= 0.3 is 0 Å². The van der Waals surface area contributed by atoms with Crippen LogP contribution in [-0.2, 0) is 4.43 Å². The molecule has 2 N–H and O–H groups in total. The summed E-state index contributed by atoms with van der Waals surface area (Å²) < 4.78 is 6.49. The van der Waals surface area contributed by atoms with Crippen LogP contribution in [-0.4, -0.2) is 38.1 Å². The lowest BCUT2D eigenvalue weighted by Gasteiger charge is -2.39. The Balaban J connectivity index is 2.89. The molecule has 0 bridgehead atoms. The Labute approximate surface area is 134 Å². The van der Waals surface area contributed by atoms with Crippen LogP contribution in [0.25, 0.3) is 0 Å². The molecule has 120 valence electrons. The lowest BCUT2D eigenvalue weighted by Crippen LogP contribution is -2.43. The maximum absolute atomic E-state index is 8.92. The summed E-state index contributed by atoms with van der Waals surface area (Å²) in [7, 11) is -1.89. The Morgan fingerprint density at radius 1 is 1.38 bits per heavy atom. The normalized spacial score (nSPS) is 14.2. The topological polar surface area (TPSA) is 54.4 Å². The lowest BCUT2D eigenvalue weighted by atomic mass is 10.1. The van der Waals surface area contributed by atoms with Gasteiger partial charge < -0.3 is 14.8 Å². The summed E-state index contributed by atoms with van der Waals surface area (Å²) in [5.74, 6) is 0. The van der Waals surface area contributed by atoms with Gasteiger partial charge in [0.25, 0.3) is 0 Å². The molecule has 1 heterocycles. The zero-order chi connectivity index (χ0) is 16.1. The molecule has 0 aliphatic heterocycles. The van der Waals surface area contributed by atoms with Crippen molar-refractivity contribution in [3.63, 3.8) is 0 Å². The van der Waals surface area contributed by atoms with Crippen LogP contribution in [0.2, 0.25) is 23.3 Å². The number of halogens is 1. The molecule has 0 fully saturated rings. The quantitative estimate of drug-likeness (QED) is 0.457. The van der Waals surface area contributed by atoms with Crippen LogP contribution in [0, 0.1) is 0 Å². The van der Waals surface area contributed by atoms with E-state index in [1.807, 2.05) is 6.07 Å². The van der Waals surface area contributed by atoms with Crippen LogP contribution in [0.4, 0.5) is 0 Å². The third-order valence-electron chi connectivity index (χ3n) is 3.98.